The summed E-state index contributed by atoms with van der Waals surface area (Å²) >= 11 is 0. The predicted octanol–water partition coefficient (Wildman–Crippen LogP) is 1.94. The van der Waals surface area contributed by atoms with E-state index in [4.69, 9.17) is 9.47 Å². The van der Waals surface area contributed by atoms with Crippen molar-refractivity contribution in [2.24, 2.45) is 0 Å². The molecule has 19 heavy (non-hydrogen) atoms. The molecule has 1 fully saturated rings. The van der Waals surface area contributed by atoms with Gasteiger partial charge in [-0.3, -0.25) is 9.69 Å². The van der Waals surface area contributed by atoms with Crippen molar-refractivity contribution in [1.29, 1.82) is 0 Å². The van der Waals surface area contributed by atoms with Gasteiger partial charge in [0.25, 0.3) is 0 Å². The molecule has 0 spiro atoms. The maximum absolute atomic E-state index is 11.6. The van der Waals surface area contributed by atoms with Gasteiger partial charge in [-0.25, -0.2) is 0 Å². The molecule has 5 heteroatoms. The van der Waals surface area contributed by atoms with E-state index in [2.05, 4.69) is 0 Å². The van der Waals surface area contributed by atoms with Gasteiger partial charge >= 0.3 is 5.97 Å². The third kappa shape index (κ3) is 2.14. The fraction of sp³-hybridized carbons (Fsp3) is 0.500. The van der Waals surface area contributed by atoms with E-state index in [0.717, 1.165) is 24.0 Å². The van der Waals surface area contributed by atoms with Gasteiger partial charge in [-0.05, 0) is 50.1 Å². The van der Waals surface area contributed by atoms with Crippen LogP contribution < -0.4 is 9.47 Å². The topological polar surface area (TPSA) is 59.0 Å². The minimum absolute atomic E-state index is 0.203. The molecule has 0 radical (unpaired) electrons. The molecular weight excluding hydrogens is 246 g/mol. The van der Waals surface area contributed by atoms with Crippen molar-refractivity contribution in [2.45, 2.75) is 31.8 Å². The first-order valence-electron chi connectivity index (χ1n) is 6.43. The molecule has 102 valence electrons. The second-order valence-electron chi connectivity index (χ2n) is 5.20. The van der Waals surface area contributed by atoms with Crippen LogP contribution in [0.5, 0.6) is 11.5 Å². The minimum atomic E-state index is -0.823. The lowest BCUT2D eigenvalue weighted by atomic mass is 9.99. The van der Waals surface area contributed by atoms with Crippen LogP contribution in [0.25, 0.3) is 0 Å². The van der Waals surface area contributed by atoms with E-state index in [1.165, 1.54) is 0 Å². The SMILES string of the molecule is Cc1cc2c(cc1C(C(=O)O)N(C)C1CC1)OCO2. The van der Waals surface area contributed by atoms with Crippen molar-refractivity contribution in [3.8, 4) is 11.5 Å². The Morgan fingerprint density at radius 2 is 2.00 bits per heavy atom. The minimum Gasteiger partial charge on any atom is -0.480 e. The average molecular weight is 263 g/mol. The summed E-state index contributed by atoms with van der Waals surface area (Å²) in [5.41, 5.74) is 1.70. The number of nitrogens with zero attached hydrogens (tertiary/aromatic N) is 1. The standard InChI is InChI=1S/C14H17NO4/c1-8-5-11-12(19-7-18-11)6-10(8)13(14(16)17)15(2)9-3-4-9/h5-6,9,13H,3-4,7H2,1-2H3,(H,16,17). The van der Waals surface area contributed by atoms with Crippen LogP contribution in [0.3, 0.4) is 0 Å². The molecule has 1 aromatic carbocycles. The van der Waals surface area contributed by atoms with Crippen molar-refractivity contribution in [3.05, 3.63) is 23.3 Å². The number of hydrogen-bond acceptors (Lipinski definition) is 4. The molecule has 1 heterocycles. The van der Waals surface area contributed by atoms with Gasteiger partial charge < -0.3 is 14.6 Å². The first kappa shape index (κ1) is 12.3. The zero-order valence-electron chi connectivity index (χ0n) is 11.0. The van der Waals surface area contributed by atoms with Crippen molar-refractivity contribution < 1.29 is 19.4 Å². The monoisotopic (exact) mass is 263 g/mol. The fourth-order valence-electron chi connectivity index (χ4n) is 2.57. The molecule has 1 aliphatic carbocycles. The highest BCUT2D eigenvalue weighted by Crippen LogP contribution is 2.40. The molecule has 0 bridgehead atoms. The average Bonchev–Trinajstić information content (AvgIpc) is 3.10. The second kappa shape index (κ2) is 4.42. The number of carboxylic acid groups (broad SMARTS) is 1. The molecule has 3 rings (SSSR count). The van der Waals surface area contributed by atoms with Gasteiger partial charge in [0.1, 0.15) is 6.04 Å². The zero-order chi connectivity index (χ0) is 13.6. The number of fused-ring (bicyclic) bond motifs is 1. The lowest BCUT2D eigenvalue weighted by molar-refractivity contribution is -0.143. The summed E-state index contributed by atoms with van der Waals surface area (Å²) in [5.74, 6) is 0.506. The van der Waals surface area contributed by atoms with Gasteiger partial charge in [-0.2, -0.15) is 0 Å². The van der Waals surface area contributed by atoms with Crippen LogP contribution in [0, 0.1) is 6.92 Å². The summed E-state index contributed by atoms with van der Waals surface area (Å²) in [4.78, 5) is 13.5. The molecule has 5 nitrogen and oxygen atoms in total. The van der Waals surface area contributed by atoms with E-state index in [-0.39, 0.29) is 6.79 Å². The Kier molecular flexibility index (Phi) is 2.86. The summed E-state index contributed by atoms with van der Waals surface area (Å²) in [6.07, 6.45) is 2.15. The van der Waals surface area contributed by atoms with Gasteiger partial charge in [0.15, 0.2) is 11.5 Å². The van der Waals surface area contributed by atoms with Crippen molar-refractivity contribution in [2.75, 3.05) is 13.8 Å². The lowest BCUT2D eigenvalue weighted by Gasteiger charge is -2.26. The summed E-state index contributed by atoms with van der Waals surface area (Å²) in [5, 5.41) is 9.53. The number of hydrogen-bond donors (Lipinski definition) is 1. The van der Waals surface area contributed by atoms with Gasteiger partial charge in [0, 0.05) is 6.04 Å². The van der Waals surface area contributed by atoms with Crippen LogP contribution in [0.1, 0.15) is 30.0 Å². The maximum atomic E-state index is 11.6. The van der Waals surface area contributed by atoms with E-state index < -0.39 is 12.0 Å². The van der Waals surface area contributed by atoms with Crippen LogP contribution >= 0.6 is 0 Å². The van der Waals surface area contributed by atoms with Crippen LogP contribution in [0.2, 0.25) is 0 Å². The van der Waals surface area contributed by atoms with Crippen LogP contribution in [-0.2, 0) is 4.79 Å². The van der Waals surface area contributed by atoms with E-state index in [9.17, 15) is 9.90 Å². The van der Waals surface area contributed by atoms with E-state index in [1.54, 1.807) is 6.07 Å². The molecule has 0 saturated heterocycles. The third-order valence-electron chi connectivity index (χ3n) is 3.82. The van der Waals surface area contributed by atoms with Gasteiger partial charge in [0.05, 0.1) is 0 Å². The molecule has 2 aliphatic rings. The molecule has 1 aliphatic heterocycles. The van der Waals surface area contributed by atoms with Gasteiger partial charge in [-0.1, -0.05) is 0 Å². The molecule has 1 N–H and O–H groups in total. The van der Waals surface area contributed by atoms with E-state index >= 15 is 0 Å². The number of aliphatic carboxylic acids is 1. The Morgan fingerprint density at radius 1 is 1.37 bits per heavy atom. The van der Waals surface area contributed by atoms with Crippen molar-refractivity contribution in [1.82, 2.24) is 4.90 Å². The number of aryl methyl sites for hydroxylation is 1. The number of likely N-dealkylation sites (N-methyl/N-ethyl adjacent to an activating group) is 1. The van der Waals surface area contributed by atoms with Gasteiger partial charge in [-0.15, -0.1) is 0 Å². The highest BCUT2D eigenvalue weighted by molar-refractivity contribution is 5.77. The second-order valence-corrected chi connectivity index (χ2v) is 5.20. The van der Waals surface area contributed by atoms with Crippen LogP contribution in [-0.4, -0.2) is 35.9 Å². The predicted molar refractivity (Wildman–Crippen MR) is 68.5 cm³/mol. The third-order valence-corrected chi connectivity index (χ3v) is 3.82. The number of carboxylic acids is 1. The molecule has 0 aromatic heterocycles. The molecule has 1 unspecified atom stereocenters. The Hall–Kier alpha value is -1.75. The highest BCUT2D eigenvalue weighted by Gasteiger charge is 2.37. The van der Waals surface area contributed by atoms with E-state index in [0.29, 0.717) is 17.5 Å². The molecule has 1 saturated carbocycles. The summed E-state index contributed by atoms with van der Waals surface area (Å²) in [6.45, 7) is 2.11. The molecule has 0 amide bonds. The Labute approximate surface area is 111 Å². The summed E-state index contributed by atoms with van der Waals surface area (Å²) < 4.78 is 10.7. The number of rotatable bonds is 4. The highest BCUT2D eigenvalue weighted by atomic mass is 16.7. The fourth-order valence-corrected chi connectivity index (χ4v) is 2.57. The van der Waals surface area contributed by atoms with Crippen molar-refractivity contribution >= 4 is 5.97 Å². The lowest BCUT2D eigenvalue weighted by Crippen LogP contribution is -2.33. The normalized spacial score (nSPS) is 18.7. The number of benzene rings is 1. The van der Waals surface area contributed by atoms with Crippen LogP contribution in [0.4, 0.5) is 0 Å². The summed E-state index contributed by atoms with van der Waals surface area (Å²) in [7, 11) is 1.88. The van der Waals surface area contributed by atoms with E-state index in [1.807, 2.05) is 24.9 Å². The molecular formula is C14H17NO4. The first-order valence-corrected chi connectivity index (χ1v) is 6.43. The summed E-state index contributed by atoms with van der Waals surface area (Å²) in [6, 6.07) is 3.41. The first-order chi connectivity index (χ1) is 9.08. The number of carbonyl (C=O) groups is 1. The Morgan fingerprint density at radius 3 is 2.58 bits per heavy atom. The van der Waals surface area contributed by atoms with Crippen molar-refractivity contribution in [3.63, 3.8) is 0 Å². The smallest absolute Gasteiger partial charge is 0.325 e. The largest absolute Gasteiger partial charge is 0.480 e. The maximum Gasteiger partial charge on any atom is 0.325 e. The zero-order valence-corrected chi connectivity index (χ0v) is 11.0. The Bertz CT molecular complexity index is 524. The van der Waals surface area contributed by atoms with Gasteiger partial charge in [0.2, 0.25) is 6.79 Å². The Balaban J connectivity index is 2.00. The van der Waals surface area contributed by atoms with Crippen LogP contribution in [0.15, 0.2) is 12.1 Å². The quantitative estimate of drug-likeness (QED) is 0.899. The molecule has 1 atom stereocenters. The molecule has 1 aromatic rings. The number of ether oxygens (including phenoxy) is 2.